The smallest absolute Gasteiger partial charge is 0.188 e. The van der Waals surface area contributed by atoms with Crippen molar-refractivity contribution in [3.05, 3.63) is 193 Å². The summed E-state index contributed by atoms with van der Waals surface area (Å²) in [6.07, 6.45) is 0. The van der Waals surface area contributed by atoms with E-state index >= 15 is 0 Å². The third-order valence-corrected chi connectivity index (χ3v) is 10.8. The van der Waals surface area contributed by atoms with Crippen LogP contribution < -0.4 is 0 Å². The van der Waals surface area contributed by atoms with Crippen LogP contribution in [0.15, 0.2) is 182 Å². The summed E-state index contributed by atoms with van der Waals surface area (Å²) in [5.74, 6) is 0. The van der Waals surface area contributed by atoms with E-state index in [1.54, 1.807) is 0 Å². The standard InChI is InChI=1S/C49H30N4/c1-50-34-25-27-46-42(31-34)48-47(28-26-41-40-21-7-10-24-45(40)53(49(41)48)35-15-3-2-4-16-35)52(46)37-18-12-14-33(30-37)32-13-11-17-36(29-32)51-43-22-8-5-19-38(43)39-20-6-9-23-44(39)51/h2-31H. The SMILES string of the molecule is [C-]#[N+]c1ccc2c(c1)c1c(ccc3c4ccccc4n(-c4ccccc4)c31)n2-c1cccc(-c2cccc(-n3c4ccccc4c4ccccc43)c2)c1. The predicted octanol–water partition coefficient (Wildman–Crippen LogP) is 13.2. The van der Waals surface area contributed by atoms with Crippen LogP contribution in [0.5, 0.6) is 0 Å². The molecule has 53 heavy (non-hydrogen) atoms. The molecule has 4 nitrogen and oxygen atoms in total. The highest BCUT2D eigenvalue weighted by molar-refractivity contribution is 6.26. The molecule has 0 atom stereocenters. The second-order valence-electron chi connectivity index (χ2n) is 13.7. The maximum atomic E-state index is 7.92. The van der Waals surface area contributed by atoms with Crippen LogP contribution in [0.4, 0.5) is 5.69 Å². The summed E-state index contributed by atoms with van der Waals surface area (Å²) < 4.78 is 7.13. The third-order valence-electron chi connectivity index (χ3n) is 10.8. The van der Waals surface area contributed by atoms with Crippen molar-refractivity contribution in [3.8, 4) is 28.2 Å². The number of para-hydroxylation sites is 4. The van der Waals surface area contributed by atoms with Gasteiger partial charge in [-0.3, -0.25) is 0 Å². The van der Waals surface area contributed by atoms with Gasteiger partial charge in [-0.25, -0.2) is 4.85 Å². The topological polar surface area (TPSA) is 19.1 Å². The molecule has 0 aliphatic heterocycles. The summed E-state index contributed by atoms with van der Waals surface area (Å²) in [4.78, 5) is 3.87. The molecular weight excluding hydrogens is 645 g/mol. The largest absolute Gasteiger partial charge is 0.309 e. The first-order valence-corrected chi connectivity index (χ1v) is 17.9. The molecule has 0 bridgehead atoms. The number of nitrogens with zero attached hydrogens (tertiary/aromatic N) is 4. The first kappa shape index (κ1) is 29.4. The molecule has 0 N–H and O–H groups in total. The van der Waals surface area contributed by atoms with Crippen LogP contribution in [0, 0.1) is 6.57 Å². The lowest BCUT2D eigenvalue weighted by Crippen LogP contribution is -1.96. The third kappa shape index (κ3) is 4.29. The normalized spacial score (nSPS) is 11.8. The molecule has 0 spiro atoms. The van der Waals surface area contributed by atoms with Crippen LogP contribution in [0.1, 0.15) is 0 Å². The molecule has 11 aromatic rings. The molecule has 4 heteroatoms. The molecule has 0 fully saturated rings. The Balaban J connectivity index is 1.16. The molecule has 0 aliphatic carbocycles. The van der Waals surface area contributed by atoms with E-state index in [1.165, 1.54) is 32.6 Å². The minimum Gasteiger partial charge on any atom is -0.309 e. The Kier molecular flexibility index (Phi) is 6.28. The fraction of sp³-hybridized carbons (Fsp3) is 0. The van der Waals surface area contributed by atoms with Crippen molar-refractivity contribution in [2.45, 2.75) is 0 Å². The van der Waals surface area contributed by atoms with Gasteiger partial charge in [-0.15, -0.1) is 0 Å². The first-order valence-electron chi connectivity index (χ1n) is 17.9. The summed E-state index contributed by atoms with van der Waals surface area (Å²) in [6.45, 7) is 7.92. The number of hydrogen-bond acceptors (Lipinski definition) is 0. The van der Waals surface area contributed by atoms with E-state index in [4.69, 9.17) is 6.57 Å². The zero-order chi connectivity index (χ0) is 35.0. The lowest BCUT2D eigenvalue weighted by atomic mass is 10.0. The Labute approximate surface area is 305 Å². The maximum Gasteiger partial charge on any atom is 0.188 e. The van der Waals surface area contributed by atoms with Gasteiger partial charge < -0.3 is 13.7 Å². The second-order valence-corrected chi connectivity index (χ2v) is 13.7. The first-order chi connectivity index (χ1) is 26.3. The van der Waals surface area contributed by atoms with Crippen molar-refractivity contribution in [1.29, 1.82) is 0 Å². The molecule has 3 aromatic heterocycles. The van der Waals surface area contributed by atoms with Crippen LogP contribution in [-0.2, 0) is 0 Å². The van der Waals surface area contributed by atoms with Gasteiger partial charge in [-0.05, 0) is 89.3 Å². The van der Waals surface area contributed by atoms with E-state index in [0.717, 1.165) is 61.0 Å². The Bertz CT molecular complexity index is 3240. The van der Waals surface area contributed by atoms with Crippen molar-refractivity contribution < 1.29 is 0 Å². The summed E-state index contributed by atoms with van der Waals surface area (Å²) in [5, 5.41) is 7.12. The minimum absolute atomic E-state index is 0.631. The maximum absolute atomic E-state index is 7.92. The highest BCUT2D eigenvalue weighted by Gasteiger charge is 2.21. The second kappa shape index (κ2) is 11.3. The van der Waals surface area contributed by atoms with Crippen molar-refractivity contribution >= 4 is 71.1 Å². The average molecular weight is 675 g/mol. The van der Waals surface area contributed by atoms with Gasteiger partial charge in [0, 0.05) is 44.0 Å². The zero-order valence-electron chi connectivity index (χ0n) is 28.6. The van der Waals surface area contributed by atoms with E-state index in [9.17, 15) is 0 Å². The van der Waals surface area contributed by atoms with Crippen molar-refractivity contribution in [1.82, 2.24) is 13.7 Å². The van der Waals surface area contributed by atoms with E-state index in [1.807, 2.05) is 6.07 Å². The fourth-order valence-electron chi connectivity index (χ4n) is 8.59. The highest BCUT2D eigenvalue weighted by atomic mass is 15.0. The number of aromatic nitrogens is 3. The van der Waals surface area contributed by atoms with Crippen LogP contribution in [0.25, 0.3) is 98.5 Å². The number of fused-ring (bicyclic) bond motifs is 10. The number of hydrogen-bond donors (Lipinski definition) is 0. The molecule has 0 saturated carbocycles. The molecule has 11 rings (SSSR count). The summed E-state index contributed by atoms with van der Waals surface area (Å²) in [6, 6.07) is 64.9. The number of benzene rings is 8. The summed E-state index contributed by atoms with van der Waals surface area (Å²) in [5.41, 5.74) is 13.1. The minimum atomic E-state index is 0.631. The zero-order valence-corrected chi connectivity index (χ0v) is 28.6. The molecular formula is C49H30N4. The van der Waals surface area contributed by atoms with Crippen molar-refractivity contribution in [3.63, 3.8) is 0 Å². The van der Waals surface area contributed by atoms with Gasteiger partial charge in [0.15, 0.2) is 5.69 Å². The molecule has 246 valence electrons. The molecule has 0 unspecified atom stereocenters. The van der Waals surface area contributed by atoms with Gasteiger partial charge in [0.25, 0.3) is 0 Å². The Hall–Kier alpha value is -7.35. The van der Waals surface area contributed by atoms with Crippen LogP contribution in [0.2, 0.25) is 0 Å². The van der Waals surface area contributed by atoms with Gasteiger partial charge in [-0.1, -0.05) is 109 Å². The van der Waals surface area contributed by atoms with Crippen molar-refractivity contribution in [2.75, 3.05) is 0 Å². The molecule has 0 saturated heterocycles. The van der Waals surface area contributed by atoms with Crippen LogP contribution in [-0.4, -0.2) is 13.7 Å². The number of rotatable bonds is 4. The fourth-order valence-corrected chi connectivity index (χ4v) is 8.59. The lowest BCUT2D eigenvalue weighted by Gasteiger charge is -2.13. The molecule has 0 radical (unpaired) electrons. The average Bonchev–Trinajstić information content (AvgIpc) is 3.86. The Morgan fingerprint density at radius 2 is 0.830 bits per heavy atom. The highest BCUT2D eigenvalue weighted by Crippen LogP contribution is 2.43. The molecule has 0 amide bonds. The monoisotopic (exact) mass is 674 g/mol. The van der Waals surface area contributed by atoms with E-state index < -0.39 is 0 Å². The van der Waals surface area contributed by atoms with E-state index in [2.05, 4.69) is 194 Å². The molecule has 3 heterocycles. The van der Waals surface area contributed by atoms with Gasteiger partial charge in [0.2, 0.25) is 0 Å². The van der Waals surface area contributed by atoms with Gasteiger partial charge >= 0.3 is 0 Å². The van der Waals surface area contributed by atoms with Gasteiger partial charge in [0.05, 0.1) is 39.7 Å². The molecule has 0 aliphatic rings. The lowest BCUT2D eigenvalue weighted by molar-refractivity contribution is 1.17. The molecule has 8 aromatic carbocycles. The quantitative estimate of drug-likeness (QED) is 0.166. The Morgan fingerprint density at radius 3 is 1.45 bits per heavy atom. The van der Waals surface area contributed by atoms with E-state index in [-0.39, 0.29) is 0 Å². The van der Waals surface area contributed by atoms with Crippen LogP contribution in [0.3, 0.4) is 0 Å². The van der Waals surface area contributed by atoms with Gasteiger partial charge in [-0.2, -0.15) is 0 Å². The Morgan fingerprint density at radius 1 is 0.340 bits per heavy atom. The van der Waals surface area contributed by atoms with Crippen LogP contribution >= 0.6 is 0 Å². The van der Waals surface area contributed by atoms with Crippen molar-refractivity contribution in [2.24, 2.45) is 0 Å². The predicted molar refractivity (Wildman–Crippen MR) is 221 cm³/mol. The summed E-state index contributed by atoms with van der Waals surface area (Å²) >= 11 is 0. The van der Waals surface area contributed by atoms with Gasteiger partial charge in [0.1, 0.15) is 0 Å². The summed E-state index contributed by atoms with van der Waals surface area (Å²) in [7, 11) is 0. The van der Waals surface area contributed by atoms with E-state index in [0.29, 0.717) is 5.69 Å².